The fourth-order valence-electron chi connectivity index (χ4n) is 2.25. The molecule has 0 fully saturated rings. The molecule has 1 aromatic carbocycles. The van der Waals surface area contributed by atoms with E-state index in [9.17, 15) is 15.0 Å². The number of fused-ring (bicyclic) bond motifs is 1. The summed E-state index contributed by atoms with van der Waals surface area (Å²) in [6.45, 7) is 1.74. The Bertz CT molecular complexity index is 915. The van der Waals surface area contributed by atoms with E-state index in [2.05, 4.69) is 15.5 Å². The van der Waals surface area contributed by atoms with Gasteiger partial charge in [0.15, 0.2) is 11.5 Å². The number of aryl methyl sites for hydroxylation is 1. The van der Waals surface area contributed by atoms with Crippen LogP contribution in [0.15, 0.2) is 47.7 Å². The summed E-state index contributed by atoms with van der Waals surface area (Å²) in [5, 5.41) is 22.9. The third-order valence-electron chi connectivity index (χ3n) is 3.33. The van der Waals surface area contributed by atoms with Gasteiger partial charge in [0.25, 0.3) is 5.91 Å². The first kappa shape index (κ1) is 14.6. The van der Waals surface area contributed by atoms with E-state index in [4.69, 9.17) is 0 Å². The molecule has 0 atom stereocenters. The summed E-state index contributed by atoms with van der Waals surface area (Å²) in [5.41, 5.74) is 4.33. The first-order valence-electron chi connectivity index (χ1n) is 6.86. The maximum atomic E-state index is 12.3. The largest absolute Gasteiger partial charge is 0.504 e. The molecule has 0 saturated heterocycles. The smallest absolute Gasteiger partial charge is 0.290 e. The van der Waals surface area contributed by atoms with Gasteiger partial charge in [-0.3, -0.25) is 9.20 Å². The molecular weight excluding hydrogens is 296 g/mol. The molecule has 7 nitrogen and oxygen atoms in total. The highest BCUT2D eigenvalue weighted by Crippen LogP contribution is 2.26. The number of hydrogen-bond donors (Lipinski definition) is 3. The summed E-state index contributed by atoms with van der Waals surface area (Å²) < 4.78 is 1.67. The molecule has 2 heterocycles. The van der Waals surface area contributed by atoms with Crippen LogP contribution in [0.2, 0.25) is 0 Å². The van der Waals surface area contributed by atoms with Gasteiger partial charge in [0.2, 0.25) is 0 Å². The lowest BCUT2D eigenvalue weighted by atomic mass is 10.2. The fourth-order valence-corrected chi connectivity index (χ4v) is 2.25. The van der Waals surface area contributed by atoms with Crippen LogP contribution in [0.25, 0.3) is 5.65 Å². The molecular formula is C16H14N4O3. The van der Waals surface area contributed by atoms with Gasteiger partial charge in [-0.25, -0.2) is 10.4 Å². The van der Waals surface area contributed by atoms with Crippen LogP contribution in [0.5, 0.6) is 11.5 Å². The predicted octanol–water partition coefficient (Wildman–Crippen LogP) is 1.82. The van der Waals surface area contributed by atoms with Crippen molar-refractivity contribution in [1.82, 2.24) is 14.8 Å². The number of rotatable bonds is 3. The Morgan fingerprint density at radius 2 is 2.09 bits per heavy atom. The van der Waals surface area contributed by atoms with E-state index in [0.717, 1.165) is 0 Å². The number of aromatic nitrogens is 2. The van der Waals surface area contributed by atoms with Crippen LogP contribution in [0.1, 0.15) is 21.7 Å². The molecule has 0 aliphatic heterocycles. The summed E-state index contributed by atoms with van der Waals surface area (Å²) in [5.74, 6) is -0.966. The monoisotopic (exact) mass is 310 g/mol. The molecule has 116 valence electrons. The van der Waals surface area contributed by atoms with E-state index in [-0.39, 0.29) is 11.5 Å². The second-order valence-corrected chi connectivity index (χ2v) is 4.89. The third kappa shape index (κ3) is 2.71. The van der Waals surface area contributed by atoms with Gasteiger partial charge in [0.1, 0.15) is 11.3 Å². The standard InChI is InChI=1S/C16H14N4O3/c1-10-14(20-8-3-2-7-13(20)18-10)16(23)19-17-9-11-5-4-6-12(21)15(11)22/h2-9,21-22H,1H3,(H,19,23)/b17-9+. The Kier molecular flexibility index (Phi) is 3.68. The maximum Gasteiger partial charge on any atom is 0.290 e. The molecule has 0 aliphatic carbocycles. The van der Waals surface area contributed by atoms with Gasteiger partial charge in [0.05, 0.1) is 11.9 Å². The summed E-state index contributed by atoms with van der Waals surface area (Å²) in [7, 11) is 0. The van der Waals surface area contributed by atoms with E-state index in [1.807, 2.05) is 6.07 Å². The Morgan fingerprint density at radius 1 is 1.26 bits per heavy atom. The lowest BCUT2D eigenvalue weighted by Crippen LogP contribution is -2.20. The average molecular weight is 310 g/mol. The van der Waals surface area contributed by atoms with E-state index >= 15 is 0 Å². The lowest BCUT2D eigenvalue weighted by molar-refractivity contribution is 0.0948. The zero-order valence-corrected chi connectivity index (χ0v) is 12.3. The SMILES string of the molecule is Cc1nc2ccccn2c1C(=O)N/N=C/c1cccc(O)c1O. The van der Waals surface area contributed by atoms with Crippen molar-refractivity contribution in [3.8, 4) is 11.5 Å². The van der Waals surface area contributed by atoms with Crippen molar-refractivity contribution < 1.29 is 15.0 Å². The number of carbonyl (C=O) groups is 1. The van der Waals surface area contributed by atoms with Crippen molar-refractivity contribution in [2.45, 2.75) is 6.92 Å². The van der Waals surface area contributed by atoms with Crippen LogP contribution in [-0.2, 0) is 0 Å². The van der Waals surface area contributed by atoms with Gasteiger partial charge in [0, 0.05) is 11.8 Å². The molecule has 23 heavy (non-hydrogen) atoms. The number of pyridine rings is 1. The number of benzene rings is 1. The van der Waals surface area contributed by atoms with Crippen molar-refractivity contribution in [2.24, 2.45) is 5.10 Å². The van der Waals surface area contributed by atoms with Crippen molar-refractivity contribution in [3.63, 3.8) is 0 Å². The van der Waals surface area contributed by atoms with Crippen LogP contribution in [0.3, 0.4) is 0 Å². The minimum atomic E-state index is -0.419. The summed E-state index contributed by atoms with van der Waals surface area (Å²) in [6.07, 6.45) is 3.00. The first-order chi connectivity index (χ1) is 11.1. The molecule has 0 radical (unpaired) electrons. The number of phenols is 2. The molecule has 0 unspecified atom stereocenters. The molecule has 2 aromatic heterocycles. The van der Waals surface area contributed by atoms with E-state index in [0.29, 0.717) is 22.6 Å². The number of imidazole rings is 1. The predicted molar refractivity (Wildman–Crippen MR) is 84.8 cm³/mol. The number of nitrogens with zero attached hydrogens (tertiary/aromatic N) is 3. The van der Waals surface area contributed by atoms with Crippen LogP contribution in [-0.4, -0.2) is 31.7 Å². The zero-order chi connectivity index (χ0) is 16.4. The molecule has 0 spiro atoms. The minimum Gasteiger partial charge on any atom is -0.504 e. The van der Waals surface area contributed by atoms with Crippen LogP contribution in [0.4, 0.5) is 0 Å². The van der Waals surface area contributed by atoms with Crippen LogP contribution >= 0.6 is 0 Å². The molecule has 3 rings (SSSR count). The Balaban J connectivity index is 1.83. The van der Waals surface area contributed by atoms with Crippen molar-refractivity contribution in [1.29, 1.82) is 0 Å². The molecule has 0 saturated carbocycles. The highest BCUT2D eigenvalue weighted by atomic mass is 16.3. The normalized spacial score (nSPS) is 11.2. The Labute approximate surface area is 131 Å². The minimum absolute atomic E-state index is 0.252. The van der Waals surface area contributed by atoms with Crippen molar-refractivity contribution in [2.75, 3.05) is 0 Å². The third-order valence-corrected chi connectivity index (χ3v) is 3.33. The molecule has 7 heteroatoms. The van der Waals surface area contributed by atoms with E-state index in [1.54, 1.807) is 41.8 Å². The number of para-hydroxylation sites is 1. The fraction of sp³-hybridized carbons (Fsp3) is 0.0625. The number of aromatic hydroxyl groups is 2. The zero-order valence-electron chi connectivity index (χ0n) is 12.3. The number of amides is 1. The molecule has 3 N–H and O–H groups in total. The molecule has 0 aliphatic rings. The van der Waals surface area contributed by atoms with Gasteiger partial charge in [-0.15, -0.1) is 0 Å². The van der Waals surface area contributed by atoms with Crippen LogP contribution < -0.4 is 5.43 Å². The molecule has 1 amide bonds. The van der Waals surface area contributed by atoms with Gasteiger partial charge in [-0.2, -0.15) is 5.10 Å². The molecule has 0 bridgehead atoms. The van der Waals surface area contributed by atoms with Crippen molar-refractivity contribution >= 4 is 17.8 Å². The van der Waals surface area contributed by atoms with E-state index in [1.165, 1.54) is 12.3 Å². The number of hydrazone groups is 1. The van der Waals surface area contributed by atoms with Gasteiger partial charge < -0.3 is 10.2 Å². The first-order valence-corrected chi connectivity index (χ1v) is 6.86. The Morgan fingerprint density at radius 3 is 2.91 bits per heavy atom. The lowest BCUT2D eigenvalue weighted by Gasteiger charge is -2.02. The van der Waals surface area contributed by atoms with Gasteiger partial charge in [-0.1, -0.05) is 12.1 Å². The van der Waals surface area contributed by atoms with Gasteiger partial charge >= 0.3 is 0 Å². The van der Waals surface area contributed by atoms with Gasteiger partial charge in [-0.05, 0) is 31.2 Å². The quantitative estimate of drug-likeness (QED) is 0.390. The number of hydrogen-bond acceptors (Lipinski definition) is 5. The highest BCUT2D eigenvalue weighted by Gasteiger charge is 2.15. The second-order valence-electron chi connectivity index (χ2n) is 4.89. The number of phenolic OH excluding ortho intramolecular Hbond substituents is 2. The average Bonchev–Trinajstić information content (AvgIpc) is 2.87. The highest BCUT2D eigenvalue weighted by molar-refractivity contribution is 5.95. The Hall–Kier alpha value is -3.35. The van der Waals surface area contributed by atoms with E-state index < -0.39 is 5.91 Å². The molecule has 3 aromatic rings. The summed E-state index contributed by atoms with van der Waals surface area (Å²) in [6, 6.07) is 9.92. The number of nitrogens with one attached hydrogen (secondary N) is 1. The summed E-state index contributed by atoms with van der Waals surface area (Å²) >= 11 is 0. The number of carbonyl (C=O) groups excluding carboxylic acids is 1. The van der Waals surface area contributed by atoms with Crippen LogP contribution in [0, 0.1) is 6.92 Å². The topological polar surface area (TPSA) is 99.2 Å². The summed E-state index contributed by atoms with van der Waals surface area (Å²) in [4.78, 5) is 16.6. The van der Waals surface area contributed by atoms with Crippen molar-refractivity contribution in [3.05, 3.63) is 59.5 Å². The second kappa shape index (κ2) is 5.80. The maximum absolute atomic E-state index is 12.3.